The van der Waals surface area contributed by atoms with Crippen LogP contribution in [-0.2, 0) is 4.79 Å². The third kappa shape index (κ3) is 4.35. The fraction of sp³-hybridized carbons (Fsp3) is 0.562. The number of likely N-dealkylation sites (tertiary alicyclic amines) is 1. The zero-order valence-electron chi connectivity index (χ0n) is 12.3. The molecule has 0 saturated carbocycles. The van der Waals surface area contributed by atoms with E-state index >= 15 is 0 Å². The van der Waals surface area contributed by atoms with Gasteiger partial charge in [0.25, 0.3) is 0 Å². The van der Waals surface area contributed by atoms with E-state index in [1.807, 2.05) is 23.1 Å². The van der Waals surface area contributed by atoms with Crippen LogP contribution in [-0.4, -0.2) is 41.7 Å². The van der Waals surface area contributed by atoms with Gasteiger partial charge in [0.2, 0.25) is 0 Å². The maximum absolute atomic E-state index is 11.4. The molecule has 1 fully saturated rings. The Bertz CT molecular complexity index is 480. The maximum Gasteiger partial charge on any atom is 0.320 e. The van der Waals surface area contributed by atoms with Gasteiger partial charge in [-0.05, 0) is 37.4 Å². The van der Waals surface area contributed by atoms with Gasteiger partial charge in [-0.2, -0.15) is 0 Å². The Morgan fingerprint density at radius 2 is 2.24 bits per heavy atom. The number of hydrogen-bond acceptors (Lipinski definition) is 3. The van der Waals surface area contributed by atoms with E-state index in [0.717, 1.165) is 25.8 Å². The van der Waals surface area contributed by atoms with Gasteiger partial charge in [-0.25, -0.2) is 0 Å². The number of carboxylic acid groups (broad SMARTS) is 1. The molecule has 0 aromatic heterocycles. The average molecular weight is 312 g/mol. The van der Waals surface area contributed by atoms with Gasteiger partial charge in [0.05, 0.1) is 5.02 Å². The highest BCUT2D eigenvalue weighted by atomic mass is 35.5. The second-order valence-corrected chi connectivity index (χ2v) is 5.87. The SMILES string of the molecule is CCC1CCN(CCOc2ccccc2Cl)C(C(=O)O)C1. The molecule has 0 bridgehead atoms. The molecule has 2 atom stereocenters. The molecular formula is C16H22ClNO3. The van der Waals surface area contributed by atoms with Crippen molar-refractivity contribution in [3.8, 4) is 5.75 Å². The number of para-hydroxylation sites is 1. The Morgan fingerprint density at radius 1 is 1.48 bits per heavy atom. The fourth-order valence-corrected chi connectivity index (χ4v) is 3.01. The second kappa shape index (κ2) is 7.66. The molecule has 1 N–H and O–H groups in total. The number of piperidine rings is 1. The van der Waals surface area contributed by atoms with Gasteiger partial charge in [0, 0.05) is 6.54 Å². The van der Waals surface area contributed by atoms with Gasteiger partial charge in [0.1, 0.15) is 18.4 Å². The number of nitrogens with zero attached hydrogens (tertiary/aromatic N) is 1. The summed E-state index contributed by atoms with van der Waals surface area (Å²) in [6.07, 6.45) is 2.85. The van der Waals surface area contributed by atoms with Crippen LogP contribution in [0.1, 0.15) is 26.2 Å². The molecule has 1 aliphatic rings. The van der Waals surface area contributed by atoms with Gasteiger partial charge in [-0.1, -0.05) is 37.1 Å². The first-order valence-electron chi connectivity index (χ1n) is 7.46. The van der Waals surface area contributed by atoms with Crippen molar-refractivity contribution in [2.45, 2.75) is 32.2 Å². The van der Waals surface area contributed by atoms with E-state index < -0.39 is 12.0 Å². The van der Waals surface area contributed by atoms with Crippen LogP contribution in [0, 0.1) is 5.92 Å². The summed E-state index contributed by atoms with van der Waals surface area (Å²) in [7, 11) is 0. The molecule has 2 rings (SSSR count). The molecule has 4 nitrogen and oxygen atoms in total. The number of hydrogen-bond donors (Lipinski definition) is 1. The molecule has 0 radical (unpaired) electrons. The van der Waals surface area contributed by atoms with E-state index in [1.165, 1.54) is 0 Å². The van der Waals surface area contributed by atoms with Crippen LogP contribution in [0.25, 0.3) is 0 Å². The molecule has 0 amide bonds. The van der Waals surface area contributed by atoms with Gasteiger partial charge >= 0.3 is 5.97 Å². The molecule has 0 aliphatic carbocycles. The summed E-state index contributed by atoms with van der Waals surface area (Å²) in [5.74, 6) is 0.437. The minimum absolute atomic E-state index is 0.390. The topological polar surface area (TPSA) is 49.8 Å². The molecule has 0 spiro atoms. The van der Waals surface area contributed by atoms with Gasteiger partial charge in [-0.3, -0.25) is 9.69 Å². The number of ether oxygens (including phenoxy) is 1. The third-order valence-electron chi connectivity index (χ3n) is 4.16. The first-order valence-corrected chi connectivity index (χ1v) is 7.83. The Balaban J connectivity index is 1.87. The molecule has 21 heavy (non-hydrogen) atoms. The van der Waals surface area contributed by atoms with Crippen molar-refractivity contribution in [1.82, 2.24) is 4.90 Å². The number of rotatable bonds is 6. The summed E-state index contributed by atoms with van der Waals surface area (Å²) in [4.78, 5) is 13.4. The summed E-state index contributed by atoms with van der Waals surface area (Å²) in [6.45, 7) is 4.00. The van der Waals surface area contributed by atoms with Gasteiger partial charge in [-0.15, -0.1) is 0 Å². The third-order valence-corrected chi connectivity index (χ3v) is 4.47. The summed E-state index contributed by atoms with van der Waals surface area (Å²) in [5.41, 5.74) is 0. The van der Waals surface area contributed by atoms with Crippen molar-refractivity contribution in [3.63, 3.8) is 0 Å². The maximum atomic E-state index is 11.4. The number of halogens is 1. The molecule has 1 aromatic carbocycles. The van der Waals surface area contributed by atoms with E-state index in [4.69, 9.17) is 16.3 Å². The predicted octanol–water partition coefficient (Wildman–Crippen LogP) is 3.29. The lowest BCUT2D eigenvalue weighted by molar-refractivity contribution is -0.145. The van der Waals surface area contributed by atoms with Crippen LogP contribution in [0.15, 0.2) is 24.3 Å². The van der Waals surface area contributed by atoms with Crippen molar-refractivity contribution in [2.75, 3.05) is 19.7 Å². The van der Waals surface area contributed by atoms with Gasteiger partial charge in [0.15, 0.2) is 0 Å². The Kier molecular flexibility index (Phi) is 5.88. The molecule has 116 valence electrons. The van der Waals surface area contributed by atoms with Gasteiger partial charge < -0.3 is 9.84 Å². The first-order chi connectivity index (χ1) is 10.1. The van der Waals surface area contributed by atoms with Crippen LogP contribution < -0.4 is 4.74 Å². The van der Waals surface area contributed by atoms with E-state index in [9.17, 15) is 9.90 Å². The lowest BCUT2D eigenvalue weighted by Gasteiger charge is -2.36. The Hall–Kier alpha value is -1.26. The highest BCUT2D eigenvalue weighted by Crippen LogP contribution is 2.26. The predicted molar refractivity (Wildman–Crippen MR) is 83.0 cm³/mol. The number of carboxylic acids is 1. The minimum atomic E-state index is -0.731. The van der Waals surface area contributed by atoms with Crippen LogP contribution >= 0.6 is 11.6 Å². The summed E-state index contributed by atoms with van der Waals surface area (Å²) in [6, 6.07) is 6.93. The molecule has 1 saturated heterocycles. The van der Waals surface area contributed by atoms with Crippen LogP contribution in [0.2, 0.25) is 5.02 Å². The van der Waals surface area contributed by atoms with Crippen LogP contribution in [0.4, 0.5) is 0 Å². The van der Waals surface area contributed by atoms with E-state index in [2.05, 4.69) is 6.92 Å². The number of aliphatic carboxylic acids is 1. The normalized spacial score (nSPS) is 23.0. The fourth-order valence-electron chi connectivity index (χ4n) is 2.82. The van der Waals surface area contributed by atoms with E-state index in [-0.39, 0.29) is 0 Å². The van der Waals surface area contributed by atoms with Crippen molar-refractivity contribution in [3.05, 3.63) is 29.3 Å². The van der Waals surface area contributed by atoms with E-state index in [0.29, 0.717) is 29.8 Å². The van der Waals surface area contributed by atoms with E-state index in [1.54, 1.807) is 6.07 Å². The lowest BCUT2D eigenvalue weighted by atomic mass is 9.89. The molecule has 1 aromatic rings. The zero-order valence-corrected chi connectivity index (χ0v) is 13.1. The molecule has 1 heterocycles. The van der Waals surface area contributed by atoms with Crippen molar-refractivity contribution in [2.24, 2.45) is 5.92 Å². The first kappa shape index (κ1) is 16.1. The number of benzene rings is 1. The lowest BCUT2D eigenvalue weighted by Crippen LogP contribution is -2.48. The molecule has 1 aliphatic heterocycles. The molecular weight excluding hydrogens is 290 g/mol. The smallest absolute Gasteiger partial charge is 0.320 e. The Labute approximate surface area is 130 Å². The van der Waals surface area contributed by atoms with Crippen molar-refractivity contribution in [1.29, 1.82) is 0 Å². The summed E-state index contributed by atoms with van der Waals surface area (Å²) in [5, 5.41) is 9.96. The summed E-state index contributed by atoms with van der Waals surface area (Å²) >= 11 is 6.03. The molecule has 2 unspecified atom stereocenters. The largest absolute Gasteiger partial charge is 0.491 e. The highest BCUT2D eigenvalue weighted by Gasteiger charge is 2.32. The second-order valence-electron chi connectivity index (χ2n) is 5.47. The number of carbonyl (C=O) groups is 1. The quantitative estimate of drug-likeness (QED) is 0.876. The molecule has 5 heteroatoms. The summed E-state index contributed by atoms with van der Waals surface area (Å²) < 4.78 is 5.65. The minimum Gasteiger partial charge on any atom is -0.491 e. The Morgan fingerprint density at radius 3 is 2.90 bits per heavy atom. The van der Waals surface area contributed by atoms with Crippen LogP contribution in [0.3, 0.4) is 0 Å². The highest BCUT2D eigenvalue weighted by molar-refractivity contribution is 6.32. The van der Waals surface area contributed by atoms with Crippen molar-refractivity contribution < 1.29 is 14.6 Å². The average Bonchev–Trinajstić information content (AvgIpc) is 2.49. The monoisotopic (exact) mass is 311 g/mol. The van der Waals surface area contributed by atoms with Crippen molar-refractivity contribution >= 4 is 17.6 Å². The van der Waals surface area contributed by atoms with Crippen LogP contribution in [0.5, 0.6) is 5.75 Å². The standard InChI is InChI=1S/C16H22ClNO3/c1-2-12-7-8-18(14(11-12)16(19)20)9-10-21-15-6-4-3-5-13(15)17/h3-6,12,14H,2,7-11H2,1H3,(H,19,20). The zero-order chi connectivity index (χ0) is 15.2.